The quantitative estimate of drug-likeness (QED) is 0.654. The molecule has 6 heteroatoms. The molecule has 1 aromatic heterocycles. The Morgan fingerprint density at radius 3 is 2.83 bits per heavy atom. The summed E-state index contributed by atoms with van der Waals surface area (Å²) in [6, 6.07) is 9.08. The lowest BCUT2D eigenvalue weighted by Gasteiger charge is -2.25. The van der Waals surface area contributed by atoms with Crippen LogP contribution in [0.3, 0.4) is 0 Å². The molecule has 0 radical (unpaired) electrons. The molecule has 0 bridgehead atoms. The van der Waals surface area contributed by atoms with Gasteiger partial charge in [-0.2, -0.15) is 5.10 Å². The Kier molecular flexibility index (Phi) is 5.82. The zero-order valence-corrected chi connectivity index (χ0v) is 14.3. The fraction of sp³-hybridized carbons (Fsp3) is 0.500. The van der Waals surface area contributed by atoms with Crippen LogP contribution in [0.5, 0.6) is 0 Å². The third-order valence-corrected chi connectivity index (χ3v) is 4.43. The number of benzene rings is 1. The summed E-state index contributed by atoms with van der Waals surface area (Å²) in [6.45, 7) is 1.50. The maximum Gasteiger partial charge on any atom is 0.191 e. The van der Waals surface area contributed by atoms with Gasteiger partial charge in [-0.1, -0.05) is 43.5 Å². The van der Waals surface area contributed by atoms with Crippen molar-refractivity contribution in [2.45, 2.75) is 51.2 Å². The predicted molar refractivity (Wildman–Crippen MR) is 95.8 cm³/mol. The molecule has 0 unspecified atom stereocenters. The van der Waals surface area contributed by atoms with Crippen molar-refractivity contribution in [1.82, 2.24) is 25.4 Å². The molecule has 1 aromatic carbocycles. The molecule has 0 spiro atoms. The molecule has 128 valence electrons. The minimum Gasteiger partial charge on any atom is -0.354 e. The number of guanidine groups is 1. The van der Waals surface area contributed by atoms with Crippen LogP contribution >= 0.6 is 0 Å². The Bertz CT molecular complexity index is 643. The van der Waals surface area contributed by atoms with E-state index in [4.69, 9.17) is 0 Å². The standard InChI is InChI=1S/C18H26N6/c1-19-18(23-17-8-3-2-4-9-17)21-11-15-6-5-7-16(10-15)12-24-14-20-13-22-24/h5-7,10,13-14,17H,2-4,8-9,11-12H2,1H3,(H2,19,21,23). The molecule has 1 heterocycles. The second-order valence-electron chi connectivity index (χ2n) is 6.32. The average Bonchev–Trinajstić information content (AvgIpc) is 3.13. The first-order valence-electron chi connectivity index (χ1n) is 8.71. The molecule has 0 atom stereocenters. The van der Waals surface area contributed by atoms with Crippen molar-refractivity contribution in [2.75, 3.05) is 7.05 Å². The van der Waals surface area contributed by atoms with Crippen molar-refractivity contribution in [3.8, 4) is 0 Å². The summed E-state index contributed by atoms with van der Waals surface area (Å²) in [5, 5.41) is 11.1. The van der Waals surface area contributed by atoms with Crippen molar-refractivity contribution in [1.29, 1.82) is 0 Å². The maximum absolute atomic E-state index is 4.35. The Balaban J connectivity index is 1.53. The highest BCUT2D eigenvalue weighted by molar-refractivity contribution is 5.79. The summed E-state index contributed by atoms with van der Waals surface area (Å²) in [6.07, 6.45) is 9.79. The van der Waals surface area contributed by atoms with E-state index in [0.717, 1.165) is 19.0 Å². The van der Waals surface area contributed by atoms with E-state index >= 15 is 0 Å². The van der Waals surface area contributed by atoms with Crippen molar-refractivity contribution in [2.24, 2.45) is 4.99 Å². The summed E-state index contributed by atoms with van der Waals surface area (Å²) < 4.78 is 1.83. The first-order chi connectivity index (χ1) is 11.8. The lowest BCUT2D eigenvalue weighted by molar-refractivity contribution is 0.410. The molecule has 0 aliphatic heterocycles. The first kappa shape index (κ1) is 16.5. The van der Waals surface area contributed by atoms with E-state index in [1.807, 2.05) is 11.7 Å². The number of nitrogens with zero attached hydrogens (tertiary/aromatic N) is 4. The molecule has 2 aromatic rings. The monoisotopic (exact) mass is 326 g/mol. The summed E-state index contributed by atoms with van der Waals surface area (Å²) in [4.78, 5) is 8.33. The molecule has 1 aliphatic rings. The van der Waals surface area contributed by atoms with E-state index in [-0.39, 0.29) is 0 Å². The lowest BCUT2D eigenvalue weighted by Crippen LogP contribution is -2.43. The zero-order valence-electron chi connectivity index (χ0n) is 14.3. The minimum atomic E-state index is 0.559. The van der Waals surface area contributed by atoms with Crippen LogP contribution in [-0.4, -0.2) is 33.8 Å². The predicted octanol–water partition coefficient (Wildman–Crippen LogP) is 2.32. The van der Waals surface area contributed by atoms with Gasteiger partial charge in [-0.25, -0.2) is 9.67 Å². The fourth-order valence-electron chi connectivity index (χ4n) is 3.16. The van der Waals surface area contributed by atoms with E-state index in [0.29, 0.717) is 6.04 Å². The number of rotatable bonds is 5. The third kappa shape index (κ3) is 4.81. The molecule has 1 aliphatic carbocycles. The smallest absolute Gasteiger partial charge is 0.191 e. The zero-order chi connectivity index (χ0) is 16.6. The van der Waals surface area contributed by atoms with Gasteiger partial charge >= 0.3 is 0 Å². The summed E-state index contributed by atoms with van der Waals surface area (Å²) in [5.41, 5.74) is 2.45. The Morgan fingerprint density at radius 1 is 1.25 bits per heavy atom. The molecule has 1 saturated carbocycles. The van der Waals surface area contributed by atoms with Crippen LogP contribution in [0.2, 0.25) is 0 Å². The van der Waals surface area contributed by atoms with Crippen LogP contribution in [0, 0.1) is 0 Å². The lowest BCUT2D eigenvalue weighted by atomic mass is 9.96. The van der Waals surface area contributed by atoms with Gasteiger partial charge in [-0.05, 0) is 24.0 Å². The van der Waals surface area contributed by atoms with E-state index in [1.54, 1.807) is 12.7 Å². The van der Waals surface area contributed by atoms with Gasteiger partial charge in [-0.3, -0.25) is 4.99 Å². The number of nitrogens with one attached hydrogen (secondary N) is 2. The molecular weight excluding hydrogens is 300 g/mol. The van der Waals surface area contributed by atoms with Gasteiger partial charge in [0.2, 0.25) is 0 Å². The van der Waals surface area contributed by atoms with Gasteiger partial charge < -0.3 is 10.6 Å². The van der Waals surface area contributed by atoms with Gasteiger partial charge in [0.15, 0.2) is 5.96 Å². The Labute approximate surface area is 143 Å². The Morgan fingerprint density at radius 2 is 2.08 bits per heavy atom. The Hall–Kier alpha value is -2.37. The molecule has 2 N–H and O–H groups in total. The van der Waals surface area contributed by atoms with Gasteiger partial charge in [-0.15, -0.1) is 0 Å². The second kappa shape index (κ2) is 8.47. The number of aromatic nitrogens is 3. The highest BCUT2D eigenvalue weighted by Gasteiger charge is 2.14. The van der Waals surface area contributed by atoms with Crippen molar-refractivity contribution >= 4 is 5.96 Å². The van der Waals surface area contributed by atoms with Crippen molar-refractivity contribution < 1.29 is 0 Å². The SMILES string of the molecule is CN=C(NCc1cccc(Cn2cncn2)c1)NC1CCCCC1. The number of hydrogen-bond donors (Lipinski definition) is 2. The maximum atomic E-state index is 4.35. The molecule has 1 fully saturated rings. The van der Waals surface area contributed by atoms with Crippen LogP contribution in [0.15, 0.2) is 41.9 Å². The molecule has 3 rings (SSSR count). The molecular formula is C18H26N6. The first-order valence-corrected chi connectivity index (χ1v) is 8.71. The van der Waals surface area contributed by atoms with Gasteiger partial charge in [0.05, 0.1) is 6.54 Å². The molecule has 0 amide bonds. The van der Waals surface area contributed by atoms with E-state index in [9.17, 15) is 0 Å². The number of hydrogen-bond acceptors (Lipinski definition) is 3. The van der Waals surface area contributed by atoms with Gasteiger partial charge in [0.25, 0.3) is 0 Å². The summed E-state index contributed by atoms with van der Waals surface area (Å²) in [7, 11) is 1.83. The van der Waals surface area contributed by atoms with Gasteiger partial charge in [0.1, 0.15) is 12.7 Å². The summed E-state index contributed by atoms with van der Waals surface area (Å²) in [5.74, 6) is 0.892. The second-order valence-corrected chi connectivity index (χ2v) is 6.32. The van der Waals surface area contributed by atoms with Crippen molar-refractivity contribution in [3.63, 3.8) is 0 Å². The molecule has 6 nitrogen and oxygen atoms in total. The highest BCUT2D eigenvalue weighted by atomic mass is 15.3. The van der Waals surface area contributed by atoms with Crippen LogP contribution in [0.25, 0.3) is 0 Å². The van der Waals surface area contributed by atoms with Crippen molar-refractivity contribution in [3.05, 3.63) is 48.0 Å². The minimum absolute atomic E-state index is 0.559. The van der Waals surface area contributed by atoms with Crippen LogP contribution in [0.1, 0.15) is 43.2 Å². The number of aliphatic imine (C=N–C) groups is 1. The van der Waals surface area contributed by atoms with Crippen LogP contribution in [0.4, 0.5) is 0 Å². The largest absolute Gasteiger partial charge is 0.354 e. The normalized spacial score (nSPS) is 16.1. The van der Waals surface area contributed by atoms with Crippen LogP contribution in [-0.2, 0) is 13.1 Å². The molecule has 0 saturated heterocycles. The molecule has 24 heavy (non-hydrogen) atoms. The topological polar surface area (TPSA) is 67.1 Å². The van der Waals surface area contributed by atoms with E-state index in [2.05, 4.69) is 50.0 Å². The van der Waals surface area contributed by atoms with E-state index in [1.165, 1.54) is 43.2 Å². The average molecular weight is 326 g/mol. The fourth-order valence-corrected chi connectivity index (χ4v) is 3.16. The highest BCUT2D eigenvalue weighted by Crippen LogP contribution is 2.17. The van der Waals surface area contributed by atoms with E-state index < -0.39 is 0 Å². The third-order valence-electron chi connectivity index (χ3n) is 4.43. The summed E-state index contributed by atoms with van der Waals surface area (Å²) >= 11 is 0. The van der Waals surface area contributed by atoms with Gasteiger partial charge in [0, 0.05) is 19.6 Å². The van der Waals surface area contributed by atoms with Crippen LogP contribution < -0.4 is 10.6 Å².